The molecule has 4 nitrogen and oxygen atoms in total. The number of amides is 1. The first-order valence-electron chi connectivity index (χ1n) is 6.27. The normalized spacial score (nSPS) is 17.7. The van der Waals surface area contributed by atoms with Crippen molar-refractivity contribution in [1.82, 2.24) is 5.16 Å². The van der Waals surface area contributed by atoms with Gasteiger partial charge in [-0.3, -0.25) is 4.79 Å². The zero-order valence-corrected chi connectivity index (χ0v) is 10.8. The summed E-state index contributed by atoms with van der Waals surface area (Å²) in [6.07, 6.45) is 3.70. The lowest BCUT2D eigenvalue weighted by Gasteiger charge is -2.03. The number of nitrogens with zero attached hydrogens (tertiary/aromatic N) is 1. The highest BCUT2D eigenvalue weighted by Crippen LogP contribution is 2.44. The quantitative estimate of drug-likeness (QED) is 0.825. The van der Waals surface area contributed by atoms with Gasteiger partial charge in [0.25, 0.3) is 0 Å². The van der Waals surface area contributed by atoms with E-state index in [9.17, 15) is 4.79 Å². The molecule has 1 unspecified atom stereocenters. The van der Waals surface area contributed by atoms with Crippen molar-refractivity contribution in [1.29, 1.82) is 0 Å². The van der Waals surface area contributed by atoms with Crippen molar-refractivity contribution in [3.63, 3.8) is 0 Å². The van der Waals surface area contributed by atoms with Crippen LogP contribution in [-0.2, 0) is 11.2 Å². The zero-order valence-electron chi connectivity index (χ0n) is 10.8. The van der Waals surface area contributed by atoms with E-state index in [2.05, 4.69) is 23.9 Å². The fraction of sp³-hybridized carbons (Fsp3) is 0.571. The molecule has 2 rings (SSSR count). The van der Waals surface area contributed by atoms with Crippen molar-refractivity contribution >= 4 is 5.91 Å². The van der Waals surface area contributed by atoms with Gasteiger partial charge in [-0.05, 0) is 38.5 Å². The lowest BCUT2D eigenvalue weighted by atomic mass is 10.0. The maximum Gasteiger partial charge on any atom is 0.220 e. The summed E-state index contributed by atoms with van der Waals surface area (Å²) in [7, 11) is 0. The van der Waals surface area contributed by atoms with E-state index in [1.54, 1.807) is 0 Å². The van der Waals surface area contributed by atoms with Crippen LogP contribution in [0.25, 0.3) is 0 Å². The molecule has 1 heterocycles. The van der Waals surface area contributed by atoms with Gasteiger partial charge in [-0.15, -0.1) is 0 Å². The van der Waals surface area contributed by atoms with Crippen LogP contribution in [0, 0.1) is 23.2 Å². The van der Waals surface area contributed by atoms with Crippen LogP contribution in [0.2, 0.25) is 0 Å². The Hall–Kier alpha value is -1.76. The molecule has 0 aromatic carbocycles. The van der Waals surface area contributed by atoms with Gasteiger partial charge in [0.1, 0.15) is 0 Å². The van der Waals surface area contributed by atoms with E-state index in [1.165, 1.54) is 0 Å². The third-order valence-electron chi connectivity index (χ3n) is 3.37. The molecule has 1 aliphatic carbocycles. The summed E-state index contributed by atoms with van der Waals surface area (Å²) in [4.78, 5) is 10.9. The highest BCUT2D eigenvalue weighted by atomic mass is 16.5. The molecule has 1 aromatic heterocycles. The first-order valence-corrected chi connectivity index (χ1v) is 6.27. The minimum atomic E-state index is -0.278. The third kappa shape index (κ3) is 3.36. The highest BCUT2D eigenvalue weighted by Gasteiger charge is 2.35. The van der Waals surface area contributed by atoms with Gasteiger partial charge in [0.2, 0.25) is 11.7 Å². The predicted octanol–water partition coefficient (Wildman–Crippen LogP) is 1.88. The third-order valence-corrected chi connectivity index (χ3v) is 3.37. The van der Waals surface area contributed by atoms with E-state index in [4.69, 9.17) is 10.3 Å². The monoisotopic (exact) mass is 246 g/mol. The molecule has 2 N–H and O–H groups in total. The lowest BCUT2D eigenvalue weighted by molar-refractivity contribution is -0.121. The van der Waals surface area contributed by atoms with Crippen LogP contribution >= 0.6 is 0 Å². The van der Waals surface area contributed by atoms with E-state index in [1.807, 2.05) is 13.0 Å². The average Bonchev–Trinajstić information content (AvgIpc) is 2.90. The number of nitrogens with two attached hydrogens (primary N) is 1. The minimum absolute atomic E-state index is 0.137. The van der Waals surface area contributed by atoms with Crippen LogP contribution < -0.4 is 5.73 Å². The number of carbonyl (C=O) groups excluding carboxylic acids is 1. The molecular weight excluding hydrogens is 228 g/mol. The molecule has 0 bridgehead atoms. The van der Waals surface area contributed by atoms with Crippen molar-refractivity contribution in [3.8, 4) is 11.8 Å². The van der Waals surface area contributed by atoms with Gasteiger partial charge in [-0.2, -0.15) is 0 Å². The molecule has 18 heavy (non-hydrogen) atoms. The number of hydrogen-bond donors (Lipinski definition) is 1. The minimum Gasteiger partial charge on any atom is -0.369 e. The fourth-order valence-corrected chi connectivity index (χ4v) is 1.52. The molecule has 96 valence electrons. The van der Waals surface area contributed by atoms with Crippen LogP contribution in [0.4, 0.5) is 0 Å². The SMILES string of the molecule is CC(CCc1cc(C#CC2(C)CC2)on1)C(N)=O. The van der Waals surface area contributed by atoms with Crippen LogP contribution in [0.15, 0.2) is 10.6 Å². The molecule has 1 aromatic rings. The summed E-state index contributed by atoms with van der Waals surface area (Å²) in [6, 6.07) is 1.84. The Labute approximate surface area is 107 Å². The number of carbonyl (C=O) groups is 1. The lowest BCUT2D eigenvalue weighted by Crippen LogP contribution is -2.20. The van der Waals surface area contributed by atoms with Crippen LogP contribution in [0.5, 0.6) is 0 Å². The second-order valence-corrected chi connectivity index (χ2v) is 5.34. The van der Waals surface area contributed by atoms with Gasteiger partial charge in [-0.1, -0.05) is 18.0 Å². The van der Waals surface area contributed by atoms with Crippen molar-refractivity contribution in [2.75, 3.05) is 0 Å². The first-order chi connectivity index (χ1) is 8.48. The summed E-state index contributed by atoms with van der Waals surface area (Å²) in [5, 5.41) is 3.94. The van der Waals surface area contributed by atoms with Gasteiger partial charge in [-0.25, -0.2) is 0 Å². The van der Waals surface area contributed by atoms with Crippen LogP contribution in [0.3, 0.4) is 0 Å². The Morgan fingerprint density at radius 1 is 1.67 bits per heavy atom. The molecule has 0 radical (unpaired) electrons. The zero-order chi connectivity index (χ0) is 13.2. The molecule has 1 fully saturated rings. The van der Waals surface area contributed by atoms with Gasteiger partial charge in [0, 0.05) is 17.4 Å². The standard InChI is InChI=1S/C14H18N2O2/c1-10(13(15)17)3-4-11-9-12(18-16-11)5-6-14(2)7-8-14/h9-10H,3-4,7-8H2,1-2H3,(H2,15,17). The fourth-order valence-electron chi connectivity index (χ4n) is 1.52. The Balaban J connectivity index is 1.89. The molecule has 0 spiro atoms. The molecule has 1 atom stereocenters. The largest absolute Gasteiger partial charge is 0.369 e. The van der Waals surface area contributed by atoms with Crippen molar-refractivity contribution < 1.29 is 9.32 Å². The second kappa shape index (κ2) is 4.85. The van der Waals surface area contributed by atoms with Crippen molar-refractivity contribution in [2.24, 2.45) is 17.1 Å². The average molecular weight is 246 g/mol. The van der Waals surface area contributed by atoms with Gasteiger partial charge >= 0.3 is 0 Å². The molecule has 0 aliphatic heterocycles. The van der Waals surface area contributed by atoms with E-state index >= 15 is 0 Å². The smallest absolute Gasteiger partial charge is 0.220 e. The maximum atomic E-state index is 10.9. The Morgan fingerprint density at radius 2 is 2.39 bits per heavy atom. The number of rotatable bonds is 4. The Bertz CT molecular complexity index is 503. The summed E-state index contributed by atoms with van der Waals surface area (Å²) in [5.74, 6) is 6.38. The van der Waals surface area contributed by atoms with Gasteiger partial charge in [0.05, 0.1) is 5.69 Å². The number of primary amides is 1. The Morgan fingerprint density at radius 3 is 3.00 bits per heavy atom. The summed E-state index contributed by atoms with van der Waals surface area (Å²) < 4.78 is 5.14. The van der Waals surface area contributed by atoms with E-state index in [0.29, 0.717) is 18.6 Å². The van der Waals surface area contributed by atoms with E-state index < -0.39 is 0 Å². The van der Waals surface area contributed by atoms with Crippen LogP contribution in [0.1, 0.15) is 44.6 Å². The van der Waals surface area contributed by atoms with Crippen LogP contribution in [-0.4, -0.2) is 11.1 Å². The molecule has 1 saturated carbocycles. The summed E-state index contributed by atoms with van der Waals surface area (Å²) in [6.45, 7) is 3.96. The predicted molar refractivity (Wildman–Crippen MR) is 67.4 cm³/mol. The summed E-state index contributed by atoms with van der Waals surface area (Å²) >= 11 is 0. The molecule has 1 aliphatic rings. The second-order valence-electron chi connectivity index (χ2n) is 5.34. The van der Waals surface area contributed by atoms with E-state index in [-0.39, 0.29) is 17.2 Å². The number of aryl methyl sites for hydroxylation is 1. The molecular formula is C14H18N2O2. The molecule has 1 amide bonds. The maximum absolute atomic E-state index is 10.9. The van der Waals surface area contributed by atoms with Gasteiger partial charge in [0.15, 0.2) is 0 Å². The number of aromatic nitrogens is 1. The topological polar surface area (TPSA) is 69.1 Å². The molecule has 0 saturated heterocycles. The van der Waals surface area contributed by atoms with Crippen molar-refractivity contribution in [3.05, 3.63) is 17.5 Å². The first kappa shape index (κ1) is 12.7. The Kier molecular flexibility index (Phi) is 3.42. The van der Waals surface area contributed by atoms with Crippen molar-refractivity contribution in [2.45, 2.75) is 39.5 Å². The van der Waals surface area contributed by atoms with E-state index in [0.717, 1.165) is 18.5 Å². The number of hydrogen-bond acceptors (Lipinski definition) is 3. The highest BCUT2D eigenvalue weighted by molar-refractivity contribution is 5.76. The molecule has 4 heteroatoms. The summed E-state index contributed by atoms with van der Waals surface area (Å²) in [5.41, 5.74) is 6.22. The van der Waals surface area contributed by atoms with Gasteiger partial charge < -0.3 is 10.3 Å².